The van der Waals surface area contributed by atoms with E-state index in [1.165, 1.54) is 5.56 Å². The van der Waals surface area contributed by atoms with E-state index in [9.17, 15) is 0 Å². The van der Waals surface area contributed by atoms with Gasteiger partial charge in [-0.05, 0) is 37.6 Å². The molecule has 2 heterocycles. The van der Waals surface area contributed by atoms with Crippen LogP contribution in [0.2, 0.25) is 0 Å². The van der Waals surface area contributed by atoms with Crippen molar-refractivity contribution >= 4 is 17.5 Å². The molecular weight excluding hydrogens is 314 g/mol. The van der Waals surface area contributed by atoms with Crippen molar-refractivity contribution in [3.63, 3.8) is 0 Å². The normalized spacial score (nSPS) is 10.5. The molecule has 0 aliphatic carbocycles. The largest absolute Gasteiger partial charge is 0.396 e. The summed E-state index contributed by atoms with van der Waals surface area (Å²) < 4.78 is 0. The van der Waals surface area contributed by atoms with Gasteiger partial charge < -0.3 is 15.7 Å². The van der Waals surface area contributed by atoms with Gasteiger partial charge in [0.25, 0.3) is 0 Å². The third-order valence-corrected chi connectivity index (χ3v) is 3.63. The highest BCUT2D eigenvalue weighted by Crippen LogP contribution is 2.23. The summed E-state index contributed by atoms with van der Waals surface area (Å²) in [6.07, 6.45) is 4.15. The predicted molar refractivity (Wildman–Crippen MR) is 99.9 cm³/mol. The number of benzene rings is 1. The summed E-state index contributed by atoms with van der Waals surface area (Å²) in [5, 5.41) is 15.4. The molecule has 0 aliphatic rings. The Kier molecular flexibility index (Phi) is 5.53. The summed E-state index contributed by atoms with van der Waals surface area (Å²) in [6, 6.07) is 13.9. The second-order valence-corrected chi connectivity index (χ2v) is 5.70. The summed E-state index contributed by atoms with van der Waals surface area (Å²) in [4.78, 5) is 13.2. The van der Waals surface area contributed by atoms with Gasteiger partial charge in [0.05, 0.1) is 5.69 Å². The van der Waals surface area contributed by atoms with Crippen molar-refractivity contribution in [2.24, 2.45) is 0 Å². The zero-order chi connectivity index (χ0) is 17.5. The lowest BCUT2D eigenvalue weighted by atomic mass is 10.2. The Morgan fingerprint density at radius 2 is 1.92 bits per heavy atom. The van der Waals surface area contributed by atoms with E-state index in [0.29, 0.717) is 24.7 Å². The second-order valence-electron chi connectivity index (χ2n) is 5.70. The molecule has 3 aromatic rings. The van der Waals surface area contributed by atoms with Crippen LogP contribution in [0.25, 0.3) is 11.3 Å². The zero-order valence-corrected chi connectivity index (χ0v) is 14.1. The summed E-state index contributed by atoms with van der Waals surface area (Å²) in [7, 11) is 0. The van der Waals surface area contributed by atoms with Crippen molar-refractivity contribution in [2.75, 3.05) is 23.8 Å². The highest BCUT2D eigenvalue weighted by atomic mass is 16.3. The number of hydrogen-bond acceptors (Lipinski definition) is 6. The molecule has 0 spiro atoms. The topological polar surface area (TPSA) is 83.0 Å². The molecule has 0 aliphatic heterocycles. The minimum absolute atomic E-state index is 0.129. The molecule has 0 unspecified atom stereocenters. The van der Waals surface area contributed by atoms with Crippen LogP contribution in [0.3, 0.4) is 0 Å². The third-order valence-electron chi connectivity index (χ3n) is 3.63. The quantitative estimate of drug-likeness (QED) is 0.574. The second kappa shape index (κ2) is 8.21. The van der Waals surface area contributed by atoms with Crippen molar-refractivity contribution in [1.82, 2.24) is 15.0 Å². The number of anilines is 3. The van der Waals surface area contributed by atoms with E-state index in [-0.39, 0.29) is 6.61 Å². The van der Waals surface area contributed by atoms with E-state index in [1.807, 2.05) is 42.5 Å². The van der Waals surface area contributed by atoms with E-state index < -0.39 is 0 Å². The number of nitrogens with one attached hydrogen (secondary N) is 2. The van der Waals surface area contributed by atoms with E-state index in [0.717, 1.165) is 16.9 Å². The summed E-state index contributed by atoms with van der Waals surface area (Å²) >= 11 is 0. The van der Waals surface area contributed by atoms with Crippen LogP contribution in [0.5, 0.6) is 0 Å². The number of hydrogen-bond donors (Lipinski definition) is 3. The molecule has 0 saturated heterocycles. The fourth-order valence-corrected chi connectivity index (χ4v) is 2.32. The third kappa shape index (κ3) is 4.74. The maximum atomic E-state index is 8.95. The summed E-state index contributed by atoms with van der Waals surface area (Å²) in [5.74, 6) is 1.22. The molecule has 0 radical (unpaired) electrons. The number of pyridine rings is 1. The fraction of sp³-hybridized carbons (Fsp3) is 0.211. The van der Waals surface area contributed by atoms with Crippen LogP contribution in [0, 0.1) is 6.92 Å². The van der Waals surface area contributed by atoms with Gasteiger partial charge in [0.1, 0.15) is 5.82 Å². The lowest BCUT2D eigenvalue weighted by Gasteiger charge is -2.11. The van der Waals surface area contributed by atoms with Crippen LogP contribution in [0.15, 0.2) is 54.9 Å². The maximum absolute atomic E-state index is 8.95. The SMILES string of the molecule is Cc1ccc(Nc2cc(-c3cccnc3)nc(NCCCO)n2)cc1. The fourth-order valence-electron chi connectivity index (χ4n) is 2.32. The molecule has 0 saturated carbocycles. The first kappa shape index (κ1) is 16.9. The first-order chi connectivity index (χ1) is 12.2. The van der Waals surface area contributed by atoms with Crippen molar-refractivity contribution in [3.05, 3.63) is 60.4 Å². The molecule has 3 rings (SSSR count). The first-order valence-corrected chi connectivity index (χ1v) is 8.22. The number of rotatable bonds is 7. The molecule has 1 aromatic carbocycles. The van der Waals surface area contributed by atoms with Crippen LogP contribution in [-0.4, -0.2) is 33.2 Å². The van der Waals surface area contributed by atoms with Crippen LogP contribution in [-0.2, 0) is 0 Å². The lowest BCUT2D eigenvalue weighted by Crippen LogP contribution is -2.08. The Balaban J connectivity index is 1.89. The first-order valence-electron chi connectivity index (χ1n) is 8.22. The van der Waals surface area contributed by atoms with E-state index in [2.05, 4.69) is 32.5 Å². The Bertz CT molecular complexity index is 806. The molecule has 0 bridgehead atoms. The molecule has 25 heavy (non-hydrogen) atoms. The number of aryl methyl sites for hydroxylation is 1. The molecule has 0 fully saturated rings. The van der Waals surface area contributed by atoms with Crippen molar-refractivity contribution in [1.29, 1.82) is 0 Å². The smallest absolute Gasteiger partial charge is 0.225 e. The van der Waals surface area contributed by atoms with Gasteiger partial charge in [-0.2, -0.15) is 4.98 Å². The van der Waals surface area contributed by atoms with E-state index in [4.69, 9.17) is 5.11 Å². The lowest BCUT2D eigenvalue weighted by molar-refractivity contribution is 0.292. The highest BCUT2D eigenvalue weighted by molar-refractivity contribution is 5.66. The number of nitrogens with zero attached hydrogens (tertiary/aromatic N) is 3. The molecular formula is C19H21N5O. The minimum atomic E-state index is 0.129. The Labute approximate surface area is 147 Å². The molecule has 0 atom stereocenters. The summed E-state index contributed by atoms with van der Waals surface area (Å²) in [6.45, 7) is 2.79. The molecule has 0 amide bonds. The van der Waals surface area contributed by atoms with Crippen LogP contribution in [0.4, 0.5) is 17.5 Å². The average Bonchev–Trinajstić information content (AvgIpc) is 2.64. The van der Waals surface area contributed by atoms with Gasteiger partial charge in [-0.25, -0.2) is 4.98 Å². The number of aliphatic hydroxyl groups excluding tert-OH is 1. The van der Waals surface area contributed by atoms with Gasteiger partial charge in [0.2, 0.25) is 5.95 Å². The molecule has 2 aromatic heterocycles. The molecule has 6 nitrogen and oxygen atoms in total. The van der Waals surface area contributed by atoms with Gasteiger partial charge in [0, 0.05) is 42.9 Å². The van der Waals surface area contributed by atoms with Crippen LogP contribution < -0.4 is 10.6 Å². The van der Waals surface area contributed by atoms with Crippen LogP contribution in [0.1, 0.15) is 12.0 Å². The Morgan fingerprint density at radius 3 is 2.64 bits per heavy atom. The highest BCUT2D eigenvalue weighted by Gasteiger charge is 2.07. The Hall–Kier alpha value is -2.99. The standard InChI is InChI=1S/C19H21N5O/c1-14-5-7-16(8-6-14)22-18-12-17(15-4-2-9-20-13-15)23-19(24-18)21-10-3-11-25/h2,4-9,12-13,25H,3,10-11H2,1H3,(H2,21,22,23,24). The average molecular weight is 335 g/mol. The van der Waals surface area contributed by atoms with Gasteiger partial charge in [0.15, 0.2) is 0 Å². The van der Waals surface area contributed by atoms with E-state index >= 15 is 0 Å². The van der Waals surface area contributed by atoms with Crippen molar-refractivity contribution in [3.8, 4) is 11.3 Å². The van der Waals surface area contributed by atoms with Gasteiger partial charge in [-0.1, -0.05) is 17.7 Å². The van der Waals surface area contributed by atoms with Crippen molar-refractivity contribution < 1.29 is 5.11 Å². The van der Waals surface area contributed by atoms with E-state index in [1.54, 1.807) is 12.4 Å². The van der Waals surface area contributed by atoms with Gasteiger partial charge in [-0.15, -0.1) is 0 Å². The maximum Gasteiger partial charge on any atom is 0.225 e. The van der Waals surface area contributed by atoms with Gasteiger partial charge >= 0.3 is 0 Å². The Morgan fingerprint density at radius 1 is 1.08 bits per heavy atom. The van der Waals surface area contributed by atoms with Crippen molar-refractivity contribution in [2.45, 2.75) is 13.3 Å². The molecule has 3 N–H and O–H groups in total. The van der Waals surface area contributed by atoms with Gasteiger partial charge in [-0.3, -0.25) is 4.98 Å². The monoisotopic (exact) mass is 335 g/mol. The molecule has 128 valence electrons. The number of aromatic nitrogens is 3. The predicted octanol–water partition coefficient (Wildman–Crippen LogP) is 3.38. The minimum Gasteiger partial charge on any atom is -0.396 e. The number of aliphatic hydroxyl groups is 1. The molecule has 6 heteroatoms. The summed E-state index contributed by atoms with van der Waals surface area (Å²) in [5.41, 5.74) is 3.87. The van der Waals surface area contributed by atoms with Crippen LogP contribution >= 0.6 is 0 Å². The zero-order valence-electron chi connectivity index (χ0n) is 14.1.